The fraction of sp³-hybridized carbons (Fsp3) is 0.462. The summed E-state index contributed by atoms with van der Waals surface area (Å²) in [6.07, 6.45) is 1.79. The number of nitrogens with one attached hydrogen (secondary N) is 1. The minimum atomic E-state index is -3.70. The third kappa shape index (κ3) is 3.53. The molecular formula is C13H16FNO3S. The second kappa shape index (κ2) is 5.28. The van der Waals surface area contributed by atoms with E-state index in [-0.39, 0.29) is 11.6 Å². The van der Waals surface area contributed by atoms with Crippen molar-refractivity contribution in [2.24, 2.45) is 0 Å². The van der Waals surface area contributed by atoms with E-state index in [9.17, 15) is 17.6 Å². The topological polar surface area (TPSA) is 63.2 Å². The fourth-order valence-electron chi connectivity index (χ4n) is 1.67. The van der Waals surface area contributed by atoms with Crippen LogP contribution in [0.4, 0.5) is 4.39 Å². The molecule has 1 N–H and O–H groups in total. The lowest BCUT2D eigenvalue weighted by Crippen LogP contribution is -2.39. The van der Waals surface area contributed by atoms with Crippen LogP contribution in [0.15, 0.2) is 24.3 Å². The molecule has 2 rings (SSSR count). The van der Waals surface area contributed by atoms with Crippen LogP contribution >= 0.6 is 0 Å². The Kier molecular flexibility index (Phi) is 3.89. The normalized spacial score (nSPS) is 16.9. The van der Waals surface area contributed by atoms with E-state index >= 15 is 0 Å². The lowest BCUT2D eigenvalue weighted by Gasteiger charge is -2.13. The smallest absolute Gasteiger partial charge is 0.238 e. The quantitative estimate of drug-likeness (QED) is 0.889. The summed E-state index contributed by atoms with van der Waals surface area (Å²) in [4.78, 5) is 11.7. The highest BCUT2D eigenvalue weighted by Gasteiger charge is 2.32. The Bertz CT molecular complexity index is 581. The van der Waals surface area contributed by atoms with Crippen LogP contribution in [0.2, 0.25) is 0 Å². The predicted octanol–water partition coefficient (Wildman–Crippen LogP) is 1.41. The Morgan fingerprint density at radius 1 is 1.42 bits per heavy atom. The Morgan fingerprint density at radius 3 is 2.63 bits per heavy atom. The van der Waals surface area contributed by atoms with Crippen molar-refractivity contribution < 1.29 is 17.6 Å². The van der Waals surface area contributed by atoms with Crippen LogP contribution in [-0.2, 0) is 20.4 Å². The molecule has 19 heavy (non-hydrogen) atoms. The summed E-state index contributed by atoms with van der Waals surface area (Å²) < 4.78 is 37.6. The summed E-state index contributed by atoms with van der Waals surface area (Å²) in [5.74, 6) is -1.53. The highest BCUT2D eigenvalue weighted by Crippen LogP contribution is 2.20. The zero-order chi connectivity index (χ0) is 14.0. The number of amides is 1. The van der Waals surface area contributed by atoms with Gasteiger partial charge < -0.3 is 5.32 Å². The van der Waals surface area contributed by atoms with Gasteiger partial charge in [-0.3, -0.25) is 4.79 Å². The van der Waals surface area contributed by atoms with E-state index in [2.05, 4.69) is 5.32 Å². The molecule has 1 unspecified atom stereocenters. The first-order valence-electron chi connectivity index (χ1n) is 6.15. The van der Waals surface area contributed by atoms with Crippen molar-refractivity contribution in [1.29, 1.82) is 0 Å². The van der Waals surface area contributed by atoms with Gasteiger partial charge in [0.1, 0.15) is 11.1 Å². The van der Waals surface area contributed by atoms with Gasteiger partial charge in [0.2, 0.25) is 5.91 Å². The zero-order valence-electron chi connectivity index (χ0n) is 10.6. The minimum absolute atomic E-state index is 0.0913. The molecule has 1 aromatic carbocycles. The molecule has 1 fully saturated rings. The number of hydrogen-bond acceptors (Lipinski definition) is 3. The van der Waals surface area contributed by atoms with Gasteiger partial charge in [-0.25, -0.2) is 12.8 Å². The van der Waals surface area contributed by atoms with E-state index in [1.165, 1.54) is 25.1 Å². The molecule has 0 bridgehead atoms. The van der Waals surface area contributed by atoms with Crippen LogP contribution in [0.3, 0.4) is 0 Å². The lowest BCUT2D eigenvalue weighted by atomic mass is 10.2. The van der Waals surface area contributed by atoms with Crippen molar-refractivity contribution in [2.45, 2.75) is 36.8 Å². The fourth-order valence-corrected chi connectivity index (χ4v) is 2.98. The number of hydrogen-bond donors (Lipinski definition) is 1. The summed E-state index contributed by atoms with van der Waals surface area (Å²) in [6.45, 7) is 1.34. The molecule has 0 radical (unpaired) electrons. The SMILES string of the molecule is CC(C(=O)NC1CC1)S(=O)(=O)Cc1ccccc1F. The largest absolute Gasteiger partial charge is 0.352 e. The maximum absolute atomic E-state index is 13.4. The standard InChI is InChI=1S/C13H16FNO3S/c1-9(13(16)15-11-6-7-11)19(17,18)8-10-4-2-3-5-12(10)14/h2-5,9,11H,6-8H2,1H3,(H,15,16). The van der Waals surface area contributed by atoms with Crippen molar-refractivity contribution in [3.05, 3.63) is 35.6 Å². The molecule has 104 valence electrons. The monoisotopic (exact) mass is 285 g/mol. The first-order valence-corrected chi connectivity index (χ1v) is 7.87. The predicted molar refractivity (Wildman–Crippen MR) is 69.7 cm³/mol. The lowest BCUT2D eigenvalue weighted by molar-refractivity contribution is -0.120. The second-order valence-corrected chi connectivity index (χ2v) is 7.15. The van der Waals surface area contributed by atoms with Gasteiger partial charge in [-0.1, -0.05) is 18.2 Å². The van der Waals surface area contributed by atoms with E-state index in [1.54, 1.807) is 6.07 Å². The van der Waals surface area contributed by atoms with Crippen molar-refractivity contribution in [1.82, 2.24) is 5.32 Å². The van der Waals surface area contributed by atoms with Crippen LogP contribution in [0, 0.1) is 5.82 Å². The summed E-state index contributed by atoms with van der Waals surface area (Å²) >= 11 is 0. The van der Waals surface area contributed by atoms with E-state index in [0.29, 0.717) is 0 Å². The van der Waals surface area contributed by atoms with Gasteiger partial charge in [-0.2, -0.15) is 0 Å². The van der Waals surface area contributed by atoms with Crippen molar-refractivity contribution in [3.8, 4) is 0 Å². The molecule has 1 amide bonds. The minimum Gasteiger partial charge on any atom is -0.352 e. The third-order valence-corrected chi connectivity index (χ3v) is 5.15. The molecule has 6 heteroatoms. The highest BCUT2D eigenvalue weighted by molar-refractivity contribution is 7.92. The summed E-state index contributed by atoms with van der Waals surface area (Å²) in [5, 5.41) is 1.49. The summed E-state index contributed by atoms with van der Waals surface area (Å²) in [6, 6.07) is 5.80. The molecule has 0 aliphatic heterocycles. The van der Waals surface area contributed by atoms with Gasteiger partial charge in [0.05, 0.1) is 5.75 Å². The average molecular weight is 285 g/mol. The van der Waals surface area contributed by atoms with E-state index in [4.69, 9.17) is 0 Å². The number of halogens is 1. The molecule has 0 saturated heterocycles. The number of carbonyl (C=O) groups is 1. The van der Waals surface area contributed by atoms with Crippen molar-refractivity contribution in [3.63, 3.8) is 0 Å². The average Bonchev–Trinajstić information content (AvgIpc) is 3.14. The molecule has 1 atom stereocenters. The van der Waals surface area contributed by atoms with Crippen LogP contribution in [0.1, 0.15) is 25.3 Å². The Balaban J connectivity index is 2.08. The van der Waals surface area contributed by atoms with Gasteiger partial charge in [0, 0.05) is 11.6 Å². The van der Waals surface area contributed by atoms with Crippen LogP contribution in [0.5, 0.6) is 0 Å². The molecule has 0 spiro atoms. The highest BCUT2D eigenvalue weighted by atomic mass is 32.2. The maximum Gasteiger partial charge on any atom is 0.238 e. The molecule has 4 nitrogen and oxygen atoms in total. The molecule has 1 saturated carbocycles. The molecule has 1 aliphatic carbocycles. The molecule has 1 aliphatic rings. The second-order valence-electron chi connectivity index (χ2n) is 4.82. The summed E-state index contributed by atoms with van der Waals surface area (Å²) in [7, 11) is -3.70. The molecule has 0 aromatic heterocycles. The Labute approximate surface area is 111 Å². The van der Waals surface area contributed by atoms with Gasteiger partial charge in [0.25, 0.3) is 0 Å². The zero-order valence-corrected chi connectivity index (χ0v) is 11.4. The number of benzene rings is 1. The first kappa shape index (κ1) is 14.0. The van der Waals surface area contributed by atoms with Gasteiger partial charge >= 0.3 is 0 Å². The van der Waals surface area contributed by atoms with Crippen LogP contribution in [0.25, 0.3) is 0 Å². The number of rotatable bonds is 5. The van der Waals surface area contributed by atoms with Crippen LogP contribution in [-0.4, -0.2) is 25.6 Å². The Morgan fingerprint density at radius 2 is 2.05 bits per heavy atom. The maximum atomic E-state index is 13.4. The first-order chi connectivity index (χ1) is 8.90. The molecule has 1 aromatic rings. The summed E-state index contributed by atoms with van der Waals surface area (Å²) in [5.41, 5.74) is 0.0913. The van der Waals surface area contributed by atoms with E-state index in [0.717, 1.165) is 12.8 Å². The van der Waals surface area contributed by atoms with Crippen molar-refractivity contribution in [2.75, 3.05) is 0 Å². The number of carbonyl (C=O) groups excluding carboxylic acids is 1. The van der Waals surface area contributed by atoms with Gasteiger partial charge in [0.15, 0.2) is 9.84 Å². The van der Waals surface area contributed by atoms with E-state index in [1.807, 2.05) is 0 Å². The van der Waals surface area contributed by atoms with Crippen molar-refractivity contribution >= 4 is 15.7 Å². The Hall–Kier alpha value is -1.43. The molecular weight excluding hydrogens is 269 g/mol. The van der Waals surface area contributed by atoms with E-state index < -0.39 is 32.6 Å². The van der Waals surface area contributed by atoms with Crippen LogP contribution < -0.4 is 5.32 Å². The van der Waals surface area contributed by atoms with Gasteiger partial charge in [-0.05, 0) is 25.8 Å². The third-order valence-electron chi connectivity index (χ3n) is 3.15. The number of sulfone groups is 1. The molecule has 0 heterocycles. The van der Waals surface area contributed by atoms with Gasteiger partial charge in [-0.15, -0.1) is 0 Å².